The van der Waals surface area contributed by atoms with Gasteiger partial charge in [0.1, 0.15) is 5.75 Å². The molecule has 0 unspecified atom stereocenters. The first-order chi connectivity index (χ1) is 12.9. The van der Waals surface area contributed by atoms with Gasteiger partial charge < -0.3 is 14.8 Å². The van der Waals surface area contributed by atoms with Gasteiger partial charge in [0.15, 0.2) is 6.10 Å². The van der Waals surface area contributed by atoms with Crippen molar-refractivity contribution >= 4 is 17.6 Å². The maximum absolute atomic E-state index is 12.8. The molecule has 0 aliphatic carbocycles. The summed E-state index contributed by atoms with van der Waals surface area (Å²) in [6.45, 7) is 9.73. The fourth-order valence-electron chi connectivity index (χ4n) is 2.74. The van der Waals surface area contributed by atoms with Crippen LogP contribution in [0.3, 0.4) is 0 Å². The number of benzene rings is 2. The van der Waals surface area contributed by atoms with Crippen LogP contribution >= 0.6 is 0 Å². The van der Waals surface area contributed by atoms with Crippen LogP contribution in [0.2, 0.25) is 0 Å². The quantitative estimate of drug-likeness (QED) is 0.725. The molecule has 0 aliphatic heterocycles. The Labute approximate surface area is 160 Å². The van der Waals surface area contributed by atoms with E-state index >= 15 is 0 Å². The maximum Gasteiger partial charge on any atom is 0.338 e. The van der Waals surface area contributed by atoms with Crippen LogP contribution in [0.5, 0.6) is 5.75 Å². The van der Waals surface area contributed by atoms with Gasteiger partial charge in [0.2, 0.25) is 0 Å². The van der Waals surface area contributed by atoms with Crippen LogP contribution in [0.4, 0.5) is 5.69 Å². The van der Waals surface area contributed by atoms with Crippen LogP contribution in [0, 0.1) is 20.8 Å². The smallest absolute Gasteiger partial charge is 0.338 e. The third-order valence-electron chi connectivity index (χ3n) is 4.57. The van der Waals surface area contributed by atoms with Crippen molar-refractivity contribution in [3.63, 3.8) is 0 Å². The van der Waals surface area contributed by atoms with Gasteiger partial charge in [-0.1, -0.05) is 25.1 Å². The molecule has 0 radical (unpaired) electrons. The van der Waals surface area contributed by atoms with Crippen LogP contribution in [-0.2, 0) is 9.53 Å². The summed E-state index contributed by atoms with van der Waals surface area (Å²) >= 11 is 0. The van der Waals surface area contributed by atoms with Gasteiger partial charge in [0.25, 0.3) is 5.91 Å². The molecular formula is C22H27NO4. The van der Waals surface area contributed by atoms with Crippen LogP contribution in [0.1, 0.15) is 47.3 Å². The fourth-order valence-corrected chi connectivity index (χ4v) is 2.74. The number of anilines is 1. The molecule has 1 atom stereocenters. The highest BCUT2D eigenvalue weighted by Crippen LogP contribution is 2.24. The van der Waals surface area contributed by atoms with Crippen molar-refractivity contribution in [3.05, 3.63) is 58.7 Å². The van der Waals surface area contributed by atoms with E-state index in [9.17, 15) is 9.59 Å². The van der Waals surface area contributed by atoms with Crippen molar-refractivity contribution < 1.29 is 19.1 Å². The first-order valence-electron chi connectivity index (χ1n) is 9.19. The highest BCUT2D eigenvalue weighted by Gasteiger charge is 2.21. The summed E-state index contributed by atoms with van der Waals surface area (Å²) in [5, 5.41) is 2.88. The summed E-state index contributed by atoms with van der Waals surface area (Å²) in [5.41, 5.74) is 3.82. The van der Waals surface area contributed by atoms with Crippen LogP contribution < -0.4 is 10.1 Å². The van der Waals surface area contributed by atoms with E-state index in [0.717, 1.165) is 11.1 Å². The zero-order valence-corrected chi connectivity index (χ0v) is 16.6. The highest BCUT2D eigenvalue weighted by molar-refractivity contribution is 5.98. The van der Waals surface area contributed by atoms with Crippen molar-refractivity contribution in [2.75, 3.05) is 11.9 Å². The Morgan fingerprint density at radius 1 is 1.00 bits per heavy atom. The minimum absolute atomic E-state index is 0.248. The Morgan fingerprint density at radius 2 is 1.70 bits per heavy atom. The molecule has 0 heterocycles. The molecule has 1 N–H and O–H groups in total. The number of aryl methyl sites for hydroxylation is 1. The van der Waals surface area contributed by atoms with E-state index in [-0.39, 0.29) is 5.91 Å². The Balaban J connectivity index is 2.18. The molecule has 2 aromatic carbocycles. The number of nitrogens with one attached hydrogen (secondary N) is 1. The third-order valence-corrected chi connectivity index (χ3v) is 4.57. The molecule has 0 aliphatic rings. The average molecular weight is 369 g/mol. The first kappa shape index (κ1) is 20.5. The zero-order chi connectivity index (χ0) is 20.0. The summed E-state index contributed by atoms with van der Waals surface area (Å²) in [6.07, 6.45) is -0.105. The van der Waals surface area contributed by atoms with Crippen molar-refractivity contribution in [3.8, 4) is 5.75 Å². The third kappa shape index (κ3) is 4.88. The standard InChI is InChI=1S/C22H27NO4/c1-6-19(27-20-13-8-10-14(3)15(20)4)21(24)23-18-12-9-11-17(16(18)5)22(25)26-7-2/h8-13,19H,6-7H2,1-5H3,(H,23,24)/t19-/m0/s1. The lowest BCUT2D eigenvalue weighted by atomic mass is 10.1. The van der Waals surface area contributed by atoms with Gasteiger partial charge in [0.05, 0.1) is 12.2 Å². The molecule has 5 nitrogen and oxygen atoms in total. The molecule has 0 bridgehead atoms. The lowest BCUT2D eigenvalue weighted by molar-refractivity contribution is -0.122. The molecule has 0 fully saturated rings. The van der Waals surface area contributed by atoms with Crippen molar-refractivity contribution in [1.82, 2.24) is 0 Å². The monoisotopic (exact) mass is 369 g/mol. The van der Waals surface area contributed by atoms with Gasteiger partial charge in [-0.05, 0) is 69.0 Å². The Morgan fingerprint density at radius 3 is 2.37 bits per heavy atom. The Bertz CT molecular complexity index is 829. The Kier molecular flexibility index (Phi) is 6.99. The molecule has 5 heteroatoms. The minimum atomic E-state index is -0.629. The van der Waals surface area contributed by atoms with Gasteiger partial charge in [-0.15, -0.1) is 0 Å². The van der Waals surface area contributed by atoms with Crippen molar-refractivity contribution in [2.24, 2.45) is 0 Å². The molecule has 0 saturated carbocycles. The molecule has 0 spiro atoms. The molecule has 0 saturated heterocycles. The van der Waals surface area contributed by atoms with E-state index < -0.39 is 12.1 Å². The second-order valence-electron chi connectivity index (χ2n) is 6.40. The van der Waals surface area contributed by atoms with Gasteiger partial charge in [-0.3, -0.25) is 4.79 Å². The van der Waals surface area contributed by atoms with Crippen molar-refractivity contribution in [2.45, 2.75) is 47.1 Å². The number of esters is 1. The number of carbonyl (C=O) groups excluding carboxylic acids is 2. The van der Waals surface area contributed by atoms with E-state index in [4.69, 9.17) is 9.47 Å². The van der Waals surface area contributed by atoms with Gasteiger partial charge in [0, 0.05) is 5.69 Å². The maximum atomic E-state index is 12.8. The SMILES string of the molecule is CCOC(=O)c1cccc(NC(=O)[C@H](CC)Oc2cccc(C)c2C)c1C. The highest BCUT2D eigenvalue weighted by atomic mass is 16.5. The van der Waals surface area contributed by atoms with Gasteiger partial charge in [-0.25, -0.2) is 4.79 Å². The largest absolute Gasteiger partial charge is 0.480 e. The lowest BCUT2D eigenvalue weighted by Gasteiger charge is -2.20. The van der Waals surface area contributed by atoms with Crippen LogP contribution in [0.15, 0.2) is 36.4 Å². The van der Waals surface area contributed by atoms with E-state index in [1.165, 1.54) is 0 Å². The summed E-state index contributed by atoms with van der Waals surface area (Å²) in [4.78, 5) is 24.8. The van der Waals surface area contributed by atoms with Crippen molar-refractivity contribution in [1.29, 1.82) is 0 Å². The number of carbonyl (C=O) groups is 2. The van der Waals surface area contributed by atoms with Crippen LogP contribution in [-0.4, -0.2) is 24.6 Å². The predicted octanol–water partition coefficient (Wildman–Crippen LogP) is 4.58. The molecule has 144 valence electrons. The molecule has 2 aromatic rings. The van der Waals surface area contributed by atoms with Gasteiger partial charge >= 0.3 is 5.97 Å². The number of amides is 1. The summed E-state index contributed by atoms with van der Waals surface area (Å²) in [5.74, 6) is 0.0567. The summed E-state index contributed by atoms with van der Waals surface area (Å²) < 4.78 is 11.0. The number of hydrogen-bond donors (Lipinski definition) is 1. The first-order valence-corrected chi connectivity index (χ1v) is 9.19. The number of hydrogen-bond acceptors (Lipinski definition) is 4. The average Bonchev–Trinajstić information content (AvgIpc) is 2.64. The molecular weight excluding hydrogens is 342 g/mol. The zero-order valence-electron chi connectivity index (χ0n) is 16.6. The lowest BCUT2D eigenvalue weighted by Crippen LogP contribution is -2.33. The number of rotatable bonds is 7. The minimum Gasteiger partial charge on any atom is -0.480 e. The normalized spacial score (nSPS) is 11.6. The van der Waals surface area contributed by atoms with E-state index in [2.05, 4.69) is 5.32 Å². The summed E-state index contributed by atoms with van der Waals surface area (Å²) in [6, 6.07) is 11.0. The predicted molar refractivity (Wildman–Crippen MR) is 106 cm³/mol. The topological polar surface area (TPSA) is 64.6 Å². The molecule has 2 rings (SSSR count). The van der Waals surface area contributed by atoms with E-state index in [0.29, 0.717) is 35.6 Å². The van der Waals surface area contributed by atoms with Gasteiger partial charge in [-0.2, -0.15) is 0 Å². The van der Waals surface area contributed by atoms with E-state index in [1.54, 1.807) is 32.0 Å². The molecule has 1 amide bonds. The van der Waals surface area contributed by atoms with E-state index in [1.807, 2.05) is 39.0 Å². The molecule has 0 aromatic heterocycles. The second-order valence-corrected chi connectivity index (χ2v) is 6.40. The number of ether oxygens (including phenoxy) is 2. The fraction of sp³-hybridized carbons (Fsp3) is 0.364. The van der Waals surface area contributed by atoms with Crippen LogP contribution in [0.25, 0.3) is 0 Å². The molecule has 27 heavy (non-hydrogen) atoms. The Hall–Kier alpha value is -2.82. The summed E-state index contributed by atoms with van der Waals surface area (Å²) in [7, 11) is 0. The second kappa shape index (κ2) is 9.21.